The predicted molar refractivity (Wildman–Crippen MR) is 111 cm³/mol. The van der Waals surface area contributed by atoms with Gasteiger partial charge in [0, 0.05) is 25.8 Å². The van der Waals surface area contributed by atoms with E-state index in [1.165, 1.54) is 30.4 Å². The van der Waals surface area contributed by atoms with Gasteiger partial charge in [0.05, 0.1) is 15.6 Å². The molecule has 2 heterocycles. The number of carbonyl (C=O) groups is 2. The van der Waals surface area contributed by atoms with E-state index in [-0.39, 0.29) is 17.6 Å². The van der Waals surface area contributed by atoms with Crippen molar-refractivity contribution in [1.82, 2.24) is 4.98 Å². The zero-order chi connectivity index (χ0) is 20.4. The number of benzene rings is 2. The van der Waals surface area contributed by atoms with Crippen molar-refractivity contribution in [2.45, 2.75) is 25.2 Å². The average Bonchev–Trinajstić information content (AvgIpc) is 3.09. The summed E-state index contributed by atoms with van der Waals surface area (Å²) >= 11 is 1.33. The molecule has 1 fully saturated rings. The normalized spacial score (nSPS) is 15.8. The van der Waals surface area contributed by atoms with Gasteiger partial charge in [-0.05, 0) is 48.7 Å². The van der Waals surface area contributed by atoms with Crippen LogP contribution in [0.1, 0.15) is 25.3 Å². The van der Waals surface area contributed by atoms with Gasteiger partial charge in [0.1, 0.15) is 5.82 Å². The van der Waals surface area contributed by atoms with E-state index in [2.05, 4.69) is 15.6 Å². The van der Waals surface area contributed by atoms with Gasteiger partial charge in [-0.3, -0.25) is 9.59 Å². The summed E-state index contributed by atoms with van der Waals surface area (Å²) < 4.78 is 20.1. The van der Waals surface area contributed by atoms with Gasteiger partial charge in [0.2, 0.25) is 11.8 Å². The molecule has 3 aromatic rings. The third-order valence-electron chi connectivity index (χ3n) is 5.09. The first-order valence-corrected chi connectivity index (χ1v) is 10.1. The number of amides is 2. The zero-order valence-corrected chi connectivity index (χ0v) is 16.6. The Hall–Kier alpha value is -2.84. The molecule has 4 rings (SSSR count). The summed E-state index contributed by atoms with van der Waals surface area (Å²) in [6.45, 7) is 2.32. The fourth-order valence-electron chi connectivity index (χ4n) is 3.63. The number of nitrogens with one attached hydrogen (secondary N) is 2. The second kappa shape index (κ2) is 7.88. The summed E-state index contributed by atoms with van der Waals surface area (Å²) in [4.78, 5) is 29.0. The molecule has 1 aromatic heterocycles. The maximum atomic E-state index is 13.8. The number of anilines is 2. The van der Waals surface area contributed by atoms with Crippen LogP contribution in [0.25, 0.3) is 10.2 Å². The molecule has 2 N–H and O–H groups in total. The van der Waals surface area contributed by atoms with E-state index < -0.39 is 5.41 Å². The third-order valence-corrected chi connectivity index (χ3v) is 6.02. The van der Waals surface area contributed by atoms with Crippen LogP contribution in [0, 0.1) is 5.82 Å². The van der Waals surface area contributed by atoms with Crippen LogP contribution in [-0.2, 0) is 19.7 Å². The second-order valence-electron chi connectivity index (χ2n) is 7.04. The Morgan fingerprint density at radius 3 is 2.66 bits per heavy atom. The second-order valence-corrected chi connectivity index (χ2v) is 8.07. The molecule has 0 spiro atoms. The fraction of sp³-hybridized carbons (Fsp3) is 0.286. The largest absolute Gasteiger partial charge is 0.381 e. The van der Waals surface area contributed by atoms with Crippen molar-refractivity contribution in [3.63, 3.8) is 0 Å². The molecule has 1 saturated heterocycles. The number of carbonyl (C=O) groups excluding carboxylic acids is 2. The quantitative estimate of drug-likeness (QED) is 0.675. The average molecular weight is 413 g/mol. The molecule has 1 aliphatic rings. The Labute approximate surface area is 171 Å². The van der Waals surface area contributed by atoms with Crippen LogP contribution in [0.5, 0.6) is 0 Å². The van der Waals surface area contributed by atoms with Crippen LogP contribution in [0.3, 0.4) is 0 Å². The highest BCUT2D eigenvalue weighted by molar-refractivity contribution is 7.22. The lowest BCUT2D eigenvalue weighted by Gasteiger charge is -2.36. The number of aromatic nitrogens is 1. The van der Waals surface area contributed by atoms with Crippen molar-refractivity contribution >= 4 is 44.2 Å². The standard InChI is InChI=1S/C21H20FN3O3S/c1-13(26)23-16-5-6-17-18(12-16)29-20(24-17)25-19(27)21(7-9-28-10-8-21)14-3-2-4-15(22)11-14/h2-6,11-12H,7-10H2,1H3,(H,23,26)(H,24,25,27). The van der Waals surface area contributed by atoms with E-state index in [0.717, 1.165) is 10.2 Å². The summed E-state index contributed by atoms with van der Waals surface area (Å²) in [5, 5.41) is 6.12. The van der Waals surface area contributed by atoms with Crippen molar-refractivity contribution in [2.75, 3.05) is 23.8 Å². The van der Waals surface area contributed by atoms with E-state index in [1.807, 2.05) is 6.07 Å². The van der Waals surface area contributed by atoms with Crippen molar-refractivity contribution in [3.8, 4) is 0 Å². The molecular formula is C21H20FN3O3S. The van der Waals surface area contributed by atoms with Gasteiger partial charge in [-0.15, -0.1) is 0 Å². The number of hydrogen-bond donors (Lipinski definition) is 2. The van der Waals surface area contributed by atoms with Crippen molar-refractivity contribution in [1.29, 1.82) is 0 Å². The number of rotatable bonds is 4. The first-order valence-electron chi connectivity index (χ1n) is 9.30. The topological polar surface area (TPSA) is 80.3 Å². The van der Waals surface area contributed by atoms with Gasteiger partial charge in [-0.2, -0.15) is 0 Å². The van der Waals surface area contributed by atoms with E-state index in [1.54, 1.807) is 24.3 Å². The molecule has 2 aromatic carbocycles. The molecule has 8 heteroatoms. The van der Waals surface area contributed by atoms with Gasteiger partial charge >= 0.3 is 0 Å². The molecule has 0 unspecified atom stereocenters. The predicted octanol–water partition coefficient (Wildman–Crippen LogP) is 4.08. The Morgan fingerprint density at radius 1 is 1.14 bits per heavy atom. The molecule has 0 radical (unpaired) electrons. The lowest BCUT2D eigenvalue weighted by atomic mass is 9.73. The third kappa shape index (κ3) is 3.99. The maximum Gasteiger partial charge on any atom is 0.236 e. The van der Waals surface area contributed by atoms with Crippen LogP contribution in [0.2, 0.25) is 0 Å². The number of fused-ring (bicyclic) bond motifs is 1. The number of nitrogens with zero attached hydrogens (tertiary/aromatic N) is 1. The summed E-state index contributed by atoms with van der Waals surface area (Å²) in [5.41, 5.74) is 1.19. The van der Waals surface area contributed by atoms with Crippen LogP contribution >= 0.6 is 11.3 Å². The monoisotopic (exact) mass is 413 g/mol. The Balaban J connectivity index is 1.63. The molecule has 0 atom stereocenters. The molecule has 29 heavy (non-hydrogen) atoms. The van der Waals surface area contributed by atoms with Gasteiger partial charge in [-0.25, -0.2) is 9.37 Å². The Morgan fingerprint density at radius 2 is 1.93 bits per heavy atom. The number of halogens is 1. The molecule has 0 bridgehead atoms. The fourth-order valence-corrected chi connectivity index (χ4v) is 4.53. The summed E-state index contributed by atoms with van der Waals surface area (Å²) in [6, 6.07) is 11.6. The number of ether oxygens (including phenoxy) is 1. The lowest BCUT2D eigenvalue weighted by molar-refractivity contribution is -0.125. The molecule has 6 nitrogen and oxygen atoms in total. The summed E-state index contributed by atoms with van der Waals surface area (Å²) in [5.74, 6) is -0.738. The van der Waals surface area contributed by atoms with Crippen molar-refractivity contribution < 1.29 is 18.7 Å². The van der Waals surface area contributed by atoms with E-state index in [4.69, 9.17) is 4.74 Å². The number of thiazole rings is 1. The zero-order valence-electron chi connectivity index (χ0n) is 15.8. The number of hydrogen-bond acceptors (Lipinski definition) is 5. The summed E-state index contributed by atoms with van der Waals surface area (Å²) in [6.07, 6.45) is 0.944. The minimum absolute atomic E-state index is 0.154. The highest BCUT2D eigenvalue weighted by Gasteiger charge is 2.42. The smallest absolute Gasteiger partial charge is 0.236 e. The lowest BCUT2D eigenvalue weighted by Crippen LogP contribution is -2.44. The van der Waals surface area contributed by atoms with Crippen LogP contribution in [-0.4, -0.2) is 30.0 Å². The van der Waals surface area contributed by atoms with E-state index >= 15 is 0 Å². The van der Waals surface area contributed by atoms with Crippen LogP contribution < -0.4 is 10.6 Å². The Kier molecular flexibility index (Phi) is 5.29. The molecular weight excluding hydrogens is 393 g/mol. The molecule has 1 aliphatic heterocycles. The molecule has 150 valence electrons. The van der Waals surface area contributed by atoms with Gasteiger partial charge in [-0.1, -0.05) is 23.5 Å². The van der Waals surface area contributed by atoms with Gasteiger partial charge in [0.15, 0.2) is 5.13 Å². The Bertz CT molecular complexity index is 1080. The minimum Gasteiger partial charge on any atom is -0.381 e. The molecule has 2 amide bonds. The van der Waals surface area contributed by atoms with E-state index in [9.17, 15) is 14.0 Å². The van der Waals surface area contributed by atoms with Crippen molar-refractivity contribution in [2.24, 2.45) is 0 Å². The van der Waals surface area contributed by atoms with Gasteiger partial charge < -0.3 is 15.4 Å². The van der Waals surface area contributed by atoms with Crippen LogP contribution in [0.4, 0.5) is 15.2 Å². The first kappa shape index (κ1) is 19.5. The molecule has 0 aliphatic carbocycles. The molecule has 0 saturated carbocycles. The van der Waals surface area contributed by atoms with E-state index in [0.29, 0.717) is 42.4 Å². The maximum absolute atomic E-state index is 13.8. The highest BCUT2D eigenvalue weighted by atomic mass is 32.1. The van der Waals surface area contributed by atoms with Gasteiger partial charge in [0.25, 0.3) is 0 Å². The highest BCUT2D eigenvalue weighted by Crippen LogP contribution is 2.37. The first-order chi connectivity index (χ1) is 14.0. The summed E-state index contributed by atoms with van der Waals surface area (Å²) in [7, 11) is 0. The SMILES string of the molecule is CC(=O)Nc1ccc2nc(NC(=O)C3(c4cccc(F)c4)CCOCC3)sc2c1. The van der Waals surface area contributed by atoms with Crippen molar-refractivity contribution in [3.05, 3.63) is 53.8 Å². The van der Waals surface area contributed by atoms with Crippen LogP contribution in [0.15, 0.2) is 42.5 Å². The minimum atomic E-state index is -0.862.